The molecule has 0 heterocycles. The van der Waals surface area contributed by atoms with Gasteiger partial charge in [-0.05, 0) is 0 Å². The van der Waals surface area contributed by atoms with E-state index in [1.807, 2.05) is 6.07 Å². The second-order valence-electron chi connectivity index (χ2n) is 5.16. The van der Waals surface area contributed by atoms with E-state index in [-0.39, 0.29) is 0 Å². The van der Waals surface area contributed by atoms with E-state index in [9.17, 15) is 0 Å². The summed E-state index contributed by atoms with van der Waals surface area (Å²) in [6, 6.07) is 10.3. The van der Waals surface area contributed by atoms with Crippen molar-refractivity contribution < 1.29 is 4.52 Å². The fourth-order valence-electron chi connectivity index (χ4n) is 2.83. The Labute approximate surface area is 107 Å². The van der Waals surface area contributed by atoms with Gasteiger partial charge in [0.1, 0.15) is 0 Å². The summed E-state index contributed by atoms with van der Waals surface area (Å²) in [6.07, 6.45) is 3.52. The van der Waals surface area contributed by atoms with Crippen LogP contribution in [0, 0.1) is 0 Å². The molecule has 0 N–H and O–H groups in total. The van der Waals surface area contributed by atoms with Crippen molar-refractivity contribution in [2.75, 3.05) is 18.5 Å². The van der Waals surface area contributed by atoms with Gasteiger partial charge in [0.05, 0.1) is 0 Å². The van der Waals surface area contributed by atoms with Crippen LogP contribution in [0.5, 0.6) is 5.75 Å². The van der Waals surface area contributed by atoms with Crippen LogP contribution in [0.2, 0.25) is 0 Å². The number of rotatable bonds is 6. The summed E-state index contributed by atoms with van der Waals surface area (Å²) in [7, 11) is 0. The average molecular weight is 254 g/mol. The van der Waals surface area contributed by atoms with Gasteiger partial charge in [-0.1, -0.05) is 0 Å². The summed E-state index contributed by atoms with van der Waals surface area (Å²) in [5.41, 5.74) is 0.626. The molecule has 0 aliphatic heterocycles. The molecule has 0 aliphatic rings. The van der Waals surface area contributed by atoms with Gasteiger partial charge < -0.3 is 0 Å². The molecule has 0 amide bonds. The first-order valence-corrected chi connectivity index (χ1v) is 9.56. The van der Waals surface area contributed by atoms with Gasteiger partial charge in [-0.25, -0.2) is 0 Å². The molecule has 0 bridgehead atoms. The van der Waals surface area contributed by atoms with E-state index >= 15 is 0 Å². The third-order valence-corrected chi connectivity index (χ3v) is 12.5. The monoisotopic (exact) mass is 254 g/mol. The summed E-state index contributed by atoms with van der Waals surface area (Å²) < 4.78 is 6.63. The van der Waals surface area contributed by atoms with Crippen molar-refractivity contribution in [3.63, 3.8) is 0 Å². The van der Waals surface area contributed by atoms with Crippen LogP contribution in [0.4, 0.5) is 0 Å². The maximum absolute atomic E-state index is 6.63. The van der Waals surface area contributed by atoms with Crippen molar-refractivity contribution in [1.82, 2.24) is 0 Å². The Morgan fingerprint density at radius 3 is 1.76 bits per heavy atom. The van der Waals surface area contributed by atoms with Gasteiger partial charge in [-0.2, -0.15) is 0 Å². The van der Waals surface area contributed by atoms with Crippen molar-refractivity contribution in [2.45, 2.75) is 40.3 Å². The Balaban J connectivity index is 3.16. The fourth-order valence-corrected chi connectivity index (χ4v) is 7.65. The third kappa shape index (κ3) is 2.50. The Bertz CT molecular complexity index is 330. The molecule has 0 unspecified atom stereocenters. The van der Waals surface area contributed by atoms with Crippen LogP contribution in [-0.4, -0.2) is 24.1 Å². The minimum absolute atomic E-state index is 0.626. The third-order valence-electron chi connectivity index (χ3n) is 4.68. The van der Waals surface area contributed by atoms with Crippen molar-refractivity contribution >= 4 is 6.83 Å². The molecule has 0 saturated carbocycles. The molecule has 0 saturated heterocycles. The number of hydrogen-bond acceptors (Lipinski definition) is 1. The van der Waals surface area contributed by atoms with Crippen LogP contribution in [0.25, 0.3) is 0 Å². The van der Waals surface area contributed by atoms with Crippen molar-refractivity contribution in [3.05, 3.63) is 30.3 Å². The van der Waals surface area contributed by atoms with E-state index in [2.05, 4.69) is 58.9 Å². The van der Waals surface area contributed by atoms with Crippen molar-refractivity contribution in [1.29, 1.82) is 0 Å². The van der Waals surface area contributed by atoms with E-state index in [0.29, 0.717) is 5.66 Å². The second kappa shape index (κ2) is 5.40. The molecule has 1 aromatic rings. The van der Waals surface area contributed by atoms with Crippen LogP contribution in [0.15, 0.2) is 30.3 Å². The molecule has 1 nitrogen and oxygen atoms in total. The molecule has 0 aromatic heterocycles. The molecule has 0 spiro atoms. The minimum atomic E-state index is -2.07. The van der Waals surface area contributed by atoms with Crippen LogP contribution in [0.1, 0.15) is 34.6 Å². The molecule has 0 fully saturated rings. The fraction of sp³-hybridized carbons (Fsp3) is 0.600. The number of benzene rings is 1. The number of para-hydroxylation sites is 1. The second-order valence-corrected chi connectivity index (χ2v) is 11.7. The Hall–Kier alpha value is -0.550. The molecule has 1 aromatic carbocycles. The van der Waals surface area contributed by atoms with E-state index in [4.69, 9.17) is 4.52 Å². The summed E-state index contributed by atoms with van der Waals surface area (Å²) in [5.74, 6) is 1.05. The molecule has 98 valence electrons. The van der Waals surface area contributed by atoms with Gasteiger partial charge in [-0.3, -0.25) is 0 Å². The van der Waals surface area contributed by atoms with Gasteiger partial charge in [-0.15, -0.1) is 0 Å². The molecule has 0 aliphatic carbocycles. The SMILES string of the molecule is CCP(CC)(CC)(Oc1ccccc1)C(C)C. The topological polar surface area (TPSA) is 9.23 Å². The first-order chi connectivity index (χ1) is 8.02. The summed E-state index contributed by atoms with van der Waals surface area (Å²) in [5, 5.41) is 0. The van der Waals surface area contributed by atoms with Crippen LogP contribution < -0.4 is 4.52 Å². The molecule has 2 heteroatoms. The van der Waals surface area contributed by atoms with Crippen molar-refractivity contribution in [2.24, 2.45) is 0 Å². The van der Waals surface area contributed by atoms with Gasteiger partial charge in [0, 0.05) is 0 Å². The van der Waals surface area contributed by atoms with E-state index in [0.717, 1.165) is 5.75 Å². The van der Waals surface area contributed by atoms with Gasteiger partial charge in [0.25, 0.3) is 0 Å². The molecule has 17 heavy (non-hydrogen) atoms. The summed E-state index contributed by atoms with van der Waals surface area (Å²) >= 11 is 0. The normalized spacial score (nSPS) is 14.4. The van der Waals surface area contributed by atoms with Gasteiger partial charge in [0.15, 0.2) is 0 Å². The standard InChI is InChI=1S/C15H27OP/c1-6-17(7-2,8-3,14(4)5)16-15-12-10-9-11-13-15/h9-14H,6-8H2,1-5H3. The van der Waals surface area contributed by atoms with E-state index in [1.165, 1.54) is 18.5 Å². The molecule has 1 rings (SSSR count). The first kappa shape index (κ1) is 14.5. The summed E-state index contributed by atoms with van der Waals surface area (Å²) in [6.45, 7) is 9.49. The van der Waals surface area contributed by atoms with Crippen LogP contribution >= 0.6 is 6.83 Å². The Morgan fingerprint density at radius 2 is 1.41 bits per heavy atom. The molecular weight excluding hydrogens is 227 g/mol. The molecule has 0 atom stereocenters. The van der Waals surface area contributed by atoms with Crippen LogP contribution in [-0.2, 0) is 0 Å². The maximum atomic E-state index is 6.63. The predicted octanol–water partition coefficient (Wildman–Crippen LogP) is 5.00. The van der Waals surface area contributed by atoms with Crippen LogP contribution in [0.3, 0.4) is 0 Å². The van der Waals surface area contributed by atoms with Gasteiger partial charge in [0.2, 0.25) is 0 Å². The molecular formula is C15H27OP. The Kier molecular flexibility index (Phi) is 4.61. The van der Waals surface area contributed by atoms with E-state index in [1.54, 1.807) is 0 Å². The first-order valence-electron chi connectivity index (χ1n) is 6.78. The number of hydrogen-bond donors (Lipinski definition) is 0. The zero-order valence-corrected chi connectivity index (χ0v) is 12.8. The zero-order chi connectivity index (χ0) is 13.0. The average Bonchev–Trinajstić information content (AvgIpc) is 2.37. The Morgan fingerprint density at radius 1 is 0.941 bits per heavy atom. The predicted molar refractivity (Wildman–Crippen MR) is 80.7 cm³/mol. The van der Waals surface area contributed by atoms with E-state index < -0.39 is 6.83 Å². The molecule has 0 radical (unpaired) electrons. The zero-order valence-electron chi connectivity index (χ0n) is 11.9. The quantitative estimate of drug-likeness (QED) is 0.649. The van der Waals surface area contributed by atoms with Crippen molar-refractivity contribution in [3.8, 4) is 5.75 Å². The summed E-state index contributed by atoms with van der Waals surface area (Å²) in [4.78, 5) is 0. The van der Waals surface area contributed by atoms with Gasteiger partial charge >= 0.3 is 106 Å².